The van der Waals surface area contributed by atoms with E-state index in [9.17, 15) is 19.8 Å². The summed E-state index contributed by atoms with van der Waals surface area (Å²) in [6, 6.07) is 7.70. The Morgan fingerprint density at radius 2 is 1.40 bits per heavy atom. The molecule has 0 aromatic carbocycles. The molecule has 0 spiro atoms. The van der Waals surface area contributed by atoms with Gasteiger partial charge in [0.15, 0.2) is 0 Å². The van der Waals surface area contributed by atoms with Crippen molar-refractivity contribution in [2.75, 3.05) is 0 Å². The van der Waals surface area contributed by atoms with E-state index in [2.05, 4.69) is 18.1 Å². The zero-order valence-corrected chi connectivity index (χ0v) is 25.8. The summed E-state index contributed by atoms with van der Waals surface area (Å²) in [4.78, 5) is 41.2. The molecule has 0 unspecified atom stereocenters. The van der Waals surface area contributed by atoms with E-state index in [0.717, 1.165) is 61.1 Å². The maximum atomic E-state index is 11.5. The molecule has 5 heterocycles. The van der Waals surface area contributed by atoms with E-state index in [0.29, 0.717) is 28.3 Å². The van der Waals surface area contributed by atoms with Gasteiger partial charge in [-0.15, -0.1) is 11.0 Å². The number of fused-ring (bicyclic) bond motifs is 8. The quantitative estimate of drug-likeness (QED) is 0.293. The van der Waals surface area contributed by atoms with Crippen LogP contribution in [0.2, 0.25) is 0 Å². The number of aryl methyl sites for hydroxylation is 2. The van der Waals surface area contributed by atoms with Gasteiger partial charge in [-0.05, 0) is 92.5 Å². The number of nitrogens with one attached hydrogen (secondary N) is 1. The van der Waals surface area contributed by atoms with Crippen LogP contribution < -0.4 is 10.1 Å². The van der Waals surface area contributed by atoms with Gasteiger partial charge in [0.25, 0.3) is 0 Å². The first-order valence-corrected chi connectivity index (χ1v) is 13.8. The van der Waals surface area contributed by atoms with Crippen LogP contribution in [0, 0.1) is 13.8 Å². The fourth-order valence-corrected chi connectivity index (χ4v) is 5.68. The van der Waals surface area contributed by atoms with E-state index in [-0.39, 0.29) is 42.8 Å². The fraction of sp³-hybridized carbons (Fsp3) is 0.235. The number of aromatic amines is 1. The van der Waals surface area contributed by atoms with Crippen LogP contribution in [0.4, 0.5) is 0 Å². The van der Waals surface area contributed by atoms with Crippen LogP contribution in [0.1, 0.15) is 84.6 Å². The molecule has 2 N–H and O–H groups in total. The second kappa shape index (κ2) is 12.4. The third-order valence-corrected chi connectivity index (χ3v) is 8.13. The fourth-order valence-electron chi connectivity index (χ4n) is 5.68. The first-order chi connectivity index (χ1) is 20.0. The normalized spacial score (nSPS) is 12.7. The number of nitrogens with zero attached hydrogens (tertiary/aromatic N) is 3. The van der Waals surface area contributed by atoms with Crippen LogP contribution in [0.25, 0.3) is 56.5 Å². The van der Waals surface area contributed by atoms with Crippen LogP contribution >= 0.6 is 0 Å². The number of allylic oxidation sites excluding steroid dienone is 4. The van der Waals surface area contributed by atoms with Gasteiger partial charge in [0, 0.05) is 29.0 Å². The van der Waals surface area contributed by atoms with E-state index in [1.807, 2.05) is 58.0 Å². The number of hydrogen-bond acceptors (Lipinski definition) is 5. The molecule has 219 valence electrons. The molecule has 8 nitrogen and oxygen atoms in total. The molecule has 8 bridgehead atoms. The number of carboxylic acid groups (broad SMARTS) is 2. The summed E-state index contributed by atoms with van der Waals surface area (Å²) in [6.07, 6.45) is 3.92. The van der Waals surface area contributed by atoms with Crippen LogP contribution in [0.15, 0.2) is 37.4 Å². The number of rotatable bonds is 8. The average Bonchev–Trinajstić information content (AvgIpc) is 3.59. The second-order valence-corrected chi connectivity index (χ2v) is 10.6. The van der Waals surface area contributed by atoms with E-state index in [4.69, 9.17) is 15.0 Å². The zero-order chi connectivity index (χ0) is 30.3. The summed E-state index contributed by atoms with van der Waals surface area (Å²) < 4.78 is 0. The van der Waals surface area contributed by atoms with Crippen molar-refractivity contribution in [3.8, 4) is 0 Å². The van der Waals surface area contributed by atoms with Gasteiger partial charge in [-0.25, -0.2) is 9.97 Å². The maximum Gasteiger partial charge on any atom is 2.00 e. The summed E-state index contributed by atoms with van der Waals surface area (Å²) in [5, 5.41) is 20.8. The molecule has 0 saturated carbocycles. The molecule has 5 rings (SSSR count). The van der Waals surface area contributed by atoms with Gasteiger partial charge in [-0.2, -0.15) is 0 Å². The minimum absolute atomic E-state index is 0. The minimum Gasteiger partial charge on any atom is -0.657 e. The van der Waals surface area contributed by atoms with Crippen molar-refractivity contribution < 1.29 is 36.9 Å². The molecule has 3 aromatic rings. The Hall–Kier alpha value is -4.46. The van der Waals surface area contributed by atoms with Gasteiger partial charge in [0.2, 0.25) is 0 Å². The number of carbonyl (C=O) groups is 2. The summed E-state index contributed by atoms with van der Waals surface area (Å²) in [7, 11) is 0. The topological polar surface area (TPSA) is 133 Å². The van der Waals surface area contributed by atoms with Crippen molar-refractivity contribution in [1.29, 1.82) is 0 Å². The summed E-state index contributed by atoms with van der Waals surface area (Å²) >= 11 is 0. The molecule has 43 heavy (non-hydrogen) atoms. The first kappa shape index (κ1) is 31.5. The van der Waals surface area contributed by atoms with E-state index in [1.165, 1.54) is 0 Å². The smallest absolute Gasteiger partial charge is 0.657 e. The molecule has 0 aliphatic carbocycles. The number of carbonyl (C=O) groups excluding carboxylic acids is 1. The molecule has 0 atom stereocenters. The SMILES string of the molecule is C=Cc1c(C)c2cc3[nH]c(cc4nc(cc5nc(cc1[n-]2)C(C)=C5CCC(=O)O)C(CCC(=O)[O-])=C4C)c(C)c3C=C.[Mn+2]. The molecule has 0 saturated heterocycles. The van der Waals surface area contributed by atoms with Gasteiger partial charge in [-0.3, -0.25) is 4.79 Å². The third-order valence-electron chi connectivity index (χ3n) is 8.13. The van der Waals surface area contributed by atoms with Gasteiger partial charge in [0.1, 0.15) is 0 Å². The van der Waals surface area contributed by atoms with Gasteiger partial charge < -0.3 is 25.0 Å². The van der Waals surface area contributed by atoms with Crippen LogP contribution in [0.5, 0.6) is 0 Å². The standard InChI is InChI=1S/C34H34N4O4.Mn/c1-7-21-17(3)25-13-26-19(5)23(9-11-33(39)40)31(37-26)16-32-24(10-12-34(41)42)20(6)28(38-32)15-30-22(8-2)18(4)27(36-30)14-29(21)35-25;/h7-8,13-16H,1-2,9-12H2,3-6H3,(H4,35,36,37,38,39,40,41,42);/q;+2/p-2. The number of carboxylic acids is 2. The van der Waals surface area contributed by atoms with Crippen molar-refractivity contribution in [2.45, 2.75) is 53.4 Å². The largest absolute Gasteiger partial charge is 2.00 e. The predicted molar refractivity (Wildman–Crippen MR) is 166 cm³/mol. The van der Waals surface area contributed by atoms with Gasteiger partial charge >= 0.3 is 23.0 Å². The van der Waals surface area contributed by atoms with Crippen LogP contribution in [-0.2, 0) is 26.7 Å². The first-order valence-electron chi connectivity index (χ1n) is 13.8. The van der Waals surface area contributed by atoms with Gasteiger partial charge in [0.05, 0.1) is 22.8 Å². The summed E-state index contributed by atoms with van der Waals surface area (Å²) in [6.45, 7) is 15.9. The van der Waals surface area contributed by atoms with Crippen molar-refractivity contribution >= 4 is 68.4 Å². The monoisotopic (exact) mass is 615 g/mol. The van der Waals surface area contributed by atoms with Crippen LogP contribution in [-0.4, -0.2) is 32.0 Å². The van der Waals surface area contributed by atoms with Crippen molar-refractivity contribution in [1.82, 2.24) is 19.9 Å². The Balaban J connectivity index is 0.00000423. The molecule has 3 aromatic heterocycles. The Morgan fingerprint density at radius 1 is 0.814 bits per heavy atom. The molecule has 0 amide bonds. The van der Waals surface area contributed by atoms with Gasteiger partial charge in [-0.1, -0.05) is 43.0 Å². The number of H-pyrrole nitrogens is 1. The molecule has 0 fully saturated rings. The van der Waals surface area contributed by atoms with E-state index >= 15 is 0 Å². The van der Waals surface area contributed by atoms with Crippen LogP contribution in [0.3, 0.4) is 0 Å². The van der Waals surface area contributed by atoms with E-state index < -0.39 is 11.9 Å². The maximum absolute atomic E-state index is 11.5. The molecular weight excluding hydrogens is 583 g/mol. The van der Waals surface area contributed by atoms with Crippen molar-refractivity contribution in [3.63, 3.8) is 0 Å². The minimum atomic E-state index is -1.14. The number of aromatic nitrogens is 4. The molecule has 9 heteroatoms. The molecule has 2 aliphatic rings. The van der Waals surface area contributed by atoms with Crippen molar-refractivity contribution in [2.24, 2.45) is 0 Å². The third kappa shape index (κ3) is 5.91. The zero-order valence-electron chi connectivity index (χ0n) is 24.6. The second-order valence-electron chi connectivity index (χ2n) is 10.6. The average molecular weight is 616 g/mol. The molecule has 2 aliphatic heterocycles. The molecular formula is C34H32MnN4O4. The Labute approximate surface area is 260 Å². The Bertz CT molecular complexity index is 1920. The Kier molecular flexibility index (Phi) is 9.09. The Morgan fingerprint density at radius 3 is 1.95 bits per heavy atom. The number of aliphatic carboxylic acids is 2. The van der Waals surface area contributed by atoms with E-state index in [1.54, 1.807) is 6.08 Å². The summed E-state index contributed by atoms with van der Waals surface area (Å²) in [5.41, 5.74) is 12.9. The van der Waals surface area contributed by atoms with Crippen molar-refractivity contribution in [3.05, 3.63) is 82.5 Å². The molecule has 1 radical (unpaired) electrons. The predicted octanol–water partition coefficient (Wildman–Crippen LogP) is 6.10. The number of hydrogen-bond donors (Lipinski definition) is 2. The summed E-state index contributed by atoms with van der Waals surface area (Å²) in [5.74, 6) is -2.04.